The monoisotopic (exact) mass is 400 g/mol. The van der Waals surface area contributed by atoms with E-state index in [0.29, 0.717) is 22.0 Å². The minimum Gasteiger partial charge on any atom is -0.375 e. The molecule has 28 heavy (non-hydrogen) atoms. The van der Waals surface area contributed by atoms with Crippen molar-refractivity contribution >= 4 is 40.5 Å². The van der Waals surface area contributed by atoms with Crippen LogP contribution >= 0.6 is 11.6 Å². The molecule has 1 saturated heterocycles. The van der Waals surface area contributed by atoms with Gasteiger partial charge in [-0.1, -0.05) is 17.7 Å². The van der Waals surface area contributed by atoms with Gasteiger partial charge in [0.1, 0.15) is 0 Å². The van der Waals surface area contributed by atoms with Crippen LogP contribution < -0.4 is 21.3 Å². The molecule has 0 radical (unpaired) electrons. The van der Waals surface area contributed by atoms with Gasteiger partial charge in [-0.3, -0.25) is 9.59 Å². The highest BCUT2D eigenvalue weighted by Gasteiger charge is 2.16. The number of nitrogens with two attached hydrogens (primary N) is 1. The molecule has 7 heteroatoms. The van der Waals surface area contributed by atoms with Crippen molar-refractivity contribution < 1.29 is 9.59 Å². The first-order valence-corrected chi connectivity index (χ1v) is 9.81. The zero-order chi connectivity index (χ0) is 20.1. The zero-order valence-corrected chi connectivity index (χ0v) is 16.7. The summed E-state index contributed by atoms with van der Waals surface area (Å²) < 4.78 is 0. The largest absolute Gasteiger partial charge is 0.375 e. The van der Waals surface area contributed by atoms with Crippen LogP contribution in [0.1, 0.15) is 35.2 Å². The Bertz CT molecular complexity index is 879. The summed E-state index contributed by atoms with van der Waals surface area (Å²) in [4.78, 5) is 26.5. The average Bonchev–Trinajstić information content (AvgIpc) is 2.70. The second kappa shape index (κ2) is 8.97. The minimum absolute atomic E-state index is 0.00922. The van der Waals surface area contributed by atoms with E-state index < -0.39 is 5.91 Å². The van der Waals surface area contributed by atoms with Gasteiger partial charge in [0.25, 0.3) is 5.91 Å². The molecule has 1 heterocycles. The predicted octanol–water partition coefficient (Wildman–Crippen LogP) is 3.79. The van der Waals surface area contributed by atoms with Crippen LogP contribution in [0.5, 0.6) is 0 Å². The molecule has 0 aromatic heterocycles. The standard InChI is InChI=1S/C21H25ClN4O2/c1-14-17(22)6-5-7-18(14)25-20(27)13-24-19-9-8-15(12-16(19)21(23)28)26-10-3-2-4-11-26/h5-9,12,24H,2-4,10-11,13H2,1H3,(H2,23,28)(H,25,27). The number of primary amides is 1. The molecule has 2 aromatic carbocycles. The average molecular weight is 401 g/mol. The zero-order valence-electron chi connectivity index (χ0n) is 15.9. The van der Waals surface area contributed by atoms with Gasteiger partial charge in [-0.05, 0) is 62.1 Å². The molecule has 0 saturated carbocycles. The quantitative estimate of drug-likeness (QED) is 0.688. The summed E-state index contributed by atoms with van der Waals surface area (Å²) in [7, 11) is 0. The first-order chi connectivity index (χ1) is 13.5. The van der Waals surface area contributed by atoms with Crippen LogP contribution in [-0.4, -0.2) is 31.4 Å². The molecule has 0 aliphatic carbocycles. The number of anilines is 3. The molecule has 2 aromatic rings. The number of benzene rings is 2. The van der Waals surface area contributed by atoms with Crippen LogP contribution in [0, 0.1) is 6.92 Å². The molecular formula is C21H25ClN4O2. The van der Waals surface area contributed by atoms with E-state index in [2.05, 4.69) is 15.5 Å². The van der Waals surface area contributed by atoms with Crippen molar-refractivity contribution in [1.29, 1.82) is 0 Å². The van der Waals surface area contributed by atoms with Crippen LogP contribution in [0.15, 0.2) is 36.4 Å². The van der Waals surface area contributed by atoms with E-state index in [1.54, 1.807) is 24.3 Å². The Kier molecular flexibility index (Phi) is 6.41. The van der Waals surface area contributed by atoms with Crippen molar-refractivity contribution in [2.75, 3.05) is 35.2 Å². The van der Waals surface area contributed by atoms with Gasteiger partial charge in [-0.2, -0.15) is 0 Å². The lowest BCUT2D eigenvalue weighted by Gasteiger charge is -2.29. The van der Waals surface area contributed by atoms with Gasteiger partial charge in [0.15, 0.2) is 0 Å². The maximum absolute atomic E-state index is 12.3. The predicted molar refractivity (Wildman–Crippen MR) is 114 cm³/mol. The molecule has 0 atom stereocenters. The second-order valence-electron chi connectivity index (χ2n) is 6.96. The maximum atomic E-state index is 12.3. The van der Waals surface area contributed by atoms with Crippen molar-refractivity contribution in [2.24, 2.45) is 5.73 Å². The number of nitrogens with one attached hydrogen (secondary N) is 2. The van der Waals surface area contributed by atoms with Gasteiger partial charge in [0, 0.05) is 35.2 Å². The van der Waals surface area contributed by atoms with Crippen LogP contribution in [0.25, 0.3) is 0 Å². The summed E-state index contributed by atoms with van der Waals surface area (Å²) in [5.74, 6) is -0.756. The minimum atomic E-state index is -0.521. The number of nitrogens with zero attached hydrogens (tertiary/aromatic N) is 1. The van der Waals surface area contributed by atoms with Crippen LogP contribution in [0.4, 0.5) is 17.1 Å². The number of hydrogen-bond donors (Lipinski definition) is 3. The molecule has 1 aliphatic heterocycles. The number of rotatable bonds is 6. The van der Waals surface area contributed by atoms with Gasteiger partial charge in [0.2, 0.25) is 5.91 Å². The van der Waals surface area contributed by atoms with E-state index in [-0.39, 0.29) is 12.5 Å². The molecule has 1 fully saturated rings. The Labute approximate surface area is 170 Å². The van der Waals surface area contributed by atoms with Crippen LogP contribution in [0.2, 0.25) is 5.02 Å². The molecule has 0 unspecified atom stereocenters. The lowest BCUT2D eigenvalue weighted by Crippen LogP contribution is -2.30. The second-order valence-corrected chi connectivity index (χ2v) is 7.36. The van der Waals surface area contributed by atoms with E-state index in [1.165, 1.54) is 6.42 Å². The molecule has 3 rings (SSSR count). The fourth-order valence-corrected chi connectivity index (χ4v) is 3.53. The van der Waals surface area contributed by atoms with E-state index in [1.807, 2.05) is 19.1 Å². The fraction of sp³-hybridized carbons (Fsp3) is 0.333. The Morgan fingerprint density at radius 2 is 1.86 bits per heavy atom. The van der Waals surface area contributed by atoms with E-state index in [0.717, 1.165) is 37.2 Å². The van der Waals surface area contributed by atoms with Gasteiger partial charge >= 0.3 is 0 Å². The lowest BCUT2D eigenvalue weighted by molar-refractivity contribution is -0.114. The third kappa shape index (κ3) is 4.75. The Morgan fingerprint density at radius 3 is 2.57 bits per heavy atom. The van der Waals surface area contributed by atoms with E-state index in [4.69, 9.17) is 17.3 Å². The molecule has 0 bridgehead atoms. The van der Waals surface area contributed by atoms with E-state index in [9.17, 15) is 9.59 Å². The number of amides is 2. The molecule has 148 valence electrons. The van der Waals surface area contributed by atoms with Gasteiger partial charge in [-0.25, -0.2) is 0 Å². The van der Waals surface area contributed by atoms with Gasteiger partial charge < -0.3 is 21.3 Å². The summed E-state index contributed by atoms with van der Waals surface area (Å²) in [5, 5.41) is 6.43. The van der Waals surface area contributed by atoms with Crippen molar-refractivity contribution in [3.8, 4) is 0 Å². The number of hydrogen-bond acceptors (Lipinski definition) is 4. The summed E-state index contributed by atoms with van der Waals surface area (Å²) in [6.45, 7) is 3.81. The highest BCUT2D eigenvalue weighted by atomic mass is 35.5. The first kappa shape index (κ1) is 20.0. The molecule has 0 spiro atoms. The molecule has 6 nitrogen and oxygen atoms in total. The summed E-state index contributed by atoms with van der Waals surface area (Å²) in [6, 6.07) is 10.9. The van der Waals surface area contributed by atoms with Crippen molar-refractivity contribution in [3.63, 3.8) is 0 Å². The molecular weight excluding hydrogens is 376 g/mol. The van der Waals surface area contributed by atoms with E-state index >= 15 is 0 Å². The SMILES string of the molecule is Cc1c(Cl)cccc1NC(=O)CNc1ccc(N2CCCCC2)cc1C(N)=O. The third-order valence-electron chi connectivity index (χ3n) is 4.97. The third-order valence-corrected chi connectivity index (χ3v) is 5.38. The number of halogens is 1. The van der Waals surface area contributed by atoms with Crippen molar-refractivity contribution in [2.45, 2.75) is 26.2 Å². The number of carbonyl (C=O) groups is 2. The smallest absolute Gasteiger partial charge is 0.250 e. The first-order valence-electron chi connectivity index (χ1n) is 9.43. The molecule has 4 N–H and O–H groups in total. The molecule has 2 amide bonds. The van der Waals surface area contributed by atoms with Crippen LogP contribution in [-0.2, 0) is 4.79 Å². The van der Waals surface area contributed by atoms with Gasteiger partial charge in [0.05, 0.1) is 12.1 Å². The Balaban J connectivity index is 1.68. The normalized spacial score (nSPS) is 13.9. The molecule has 1 aliphatic rings. The number of piperidine rings is 1. The maximum Gasteiger partial charge on any atom is 0.250 e. The topological polar surface area (TPSA) is 87.5 Å². The highest BCUT2D eigenvalue weighted by Crippen LogP contribution is 2.26. The van der Waals surface area contributed by atoms with Crippen molar-refractivity contribution in [3.05, 3.63) is 52.5 Å². The summed E-state index contributed by atoms with van der Waals surface area (Å²) in [6.07, 6.45) is 3.53. The van der Waals surface area contributed by atoms with Crippen molar-refractivity contribution in [1.82, 2.24) is 0 Å². The van der Waals surface area contributed by atoms with Gasteiger partial charge in [-0.15, -0.1) is 0 Å². The highest BCUT2D eigenvalue weighted by molar-refractivity contribution is 6.31. The summed E-state index contributed by atoms with van der Waals surface area (Å²) in [5.41, 5.74) is 8.95. The summed E-state index contributed by atoms with van der Waals surface area (Å²) >= 11 is 6.08. The Hall–Kier alpha value is -2.73. The fourth-order valence-electron chi connectivity index (χ4n) is 3.35. The number of carbonyl (C=O) groups excluding carboxylic acids is 2. The Morgan fingerprint density at radius 1 is 1.11 bits per heavy atom. The van der Waals surface area contributed by atoms with Crippen LogP contribution in [0.3, 0.4) is 0 Å². The lowest BCUT2D eigenvalue weighted by atomic mass is 10.1.